The molecule has 0 spiro atoms. The normalized spacial score (nSPS) is 25.9. The lowest BCUT2D eigenvalue weighted by Crippen LogP contribution is -2.42. The highest BCUT2D eigenvalue weighted by atomic mass is 79.9. The Hall–Kier alpha value is 0.400. The van der Waals surface area contributed by atoms with Crippen LogP contribution < -0.4 is 0 Å². The number of hydrogen-bond donors (Lipinski definition) is 1. The van der Waals surface area contributed by atoms with Crippen LogP contribution in [-0.2, 0) is 0 Å². The van der Waals surface area contributed by atoms with Crippen molar-refractivity contribution in [3.63, 3.8) is 0 Å². The summed E-state index contributed by atoms with van der Waals surface area (Å²) in [5.41, 5.74) is 0.428. The number of alkyl halides is 1. The summed E-state index contributed by atoms with van der Waals surface area (Å²) >= 11 is 3.66. The van der Waals surface area contributed by atoms with E-state index in [-0.39, 0.29) is 6.10 Å². The maximum Gasteiger partial charge on any atom is 0.0546 e. The van der Waals surface area contributed by atoms with Crippen molar-refractivity contribution in [1.82, 2.24) is 4.90 Å². The fourth-order valence-electron chi connectivity index (χ4n) is 2.63. The van der Waals surface area contributed by atoms with Crippen LogP contribution in [0.15, 0.2) is 0 Å². The Morgan fingerprint density at radius 3 is 2.25 bits per heavy atom. The van der Waals surface area contributed by atoms with Crippen molar-refractivity contribution < 1.29 is 5.11 Å². The van der Waals surface area contributed by atoms with Crippen molar-refractivity contribution in [3.05, 3.63) is 0 Å². The molecule has 1 aliphatic carbocycles. The topological polar surface area (TPSA) is 23.5 Å². The summed E-state index contributed by atoms with van der Waals surface area (Å²) in [7, 11) is 2.22. The molecule has 1 rings (SSSR count). The minimum atomic E-state index is -0.0170. The first-order chi connectivity index (χ1) is 7.55. The lowest BCUT2D eigenvalue weighted by molar-refractivity contribution is 0.0225. The van der Waals surface area contributed by atoms with Crippen molar-refractivity contribution in [2.24, 2.45) is 11.3 Å². The zero-order valence-corrected chi connectivity index (χ0v) is 12.5. The molecule has 1 fully saturated rings. The predicted octanol–water partition coefficient (Wildman–Crippen LogP) is 2.89. The summed E-state index contributed by atoms with van der Waals surface area (Å²) in [5, 5.41) is 10.4. The smallest absolute Gasteiger partial charge is 0.0546 e. The quantitative estimate of drug-likeness (QED) is 0.729. The fraction of sp³-hybridized carbons (Fsp3) is 1.00. The highest BCUT2D eigenvalue weighted by Crippen LogP contribution is 2.32. The molecular formula is C13H26BrNO. The first kappa shape index (κ1) is 14.5. The van der Waals surface area contributed by atoms with Crippen molar-refractivity contribution in [2.45, 2.75) is 45.6 Å². The Balaban J connectivity index is 2.33. The van der Waals surface area contributed by atoms with Gasteiger partial charge < -0.3 is 10.0 Å². The van der Waals surface area contributed by atoms with Gasteiger partial charge in [0.25, 0.3) is 0 Å². The highest BCUT2D eigenvalue weighted by Gasteiger charge is 2.31. The van der Waals surface area contributed by atoms with E-state index < -0.39 is 0 Å². The van der Waals surface area contributed by atoms with Crippen molar-refractivity contribution in [2.75, 3.05) is 25.5 Å². The van der Waals surface area contributed by atoms with Crippen LogP contribution in [0.2, 0.25) is 0 Å². The van der Waals surface area contributed by atoms with Crippen LogP contribution in [0.4, 0.5) is 0 Å². The molecule has 0 bridgehead atoms. The zero-order chi connectivity index (χ0) is 12.2. The molecule has 0 saturated heterocycles. The number of hydrogen-bond acceptors (Lipinski definition) is 2. The van der Waals surface area contributed by atoms with E-state index in [1.165, 1.54) is 12.8 Å². The van der Waals surface area contributed by atoms with Crippen molar-refractivity contribution >= 4 is 15.9 Å². The highest BCUT2D eigenvalue weighted by molar-refractivity contribution is 9.09. The summed E-state index contributed by atoms with van der Waals surface area (Å²) < 4.78 is 0. The van der Waals surface area contributed by atoms with Gasteiger partial charge in [0.1, 0.15) is 0 Å². The molecule has 0 heterocycles. The maximum absolute atomic E-state index is 9.28. The molecule has 16 heavy (non-hydrogen) atoms. The minimum Gasteiger partial charge on any atom is -0.393 e. The second-order valence-corrected chi connectivity index (χ2v) is 6.09. The third-order valence-corrected chi connectivity index (χ3v) is 5.36. The number of rotatable bonds is 7. The average molecular weight is 292 g/mol. The Morgan fingerprint density at radius 2 is 1.88 bits per heavy atom. The monoisotopic (exact) mass is 291 g/mol. The minimum absolute atomic E-state index is 0.0170. The van der Waals surface area contributed by atoms with Crippen molar-refractivity contribution in [1.29, 1.82) is 0 Å². The van der Waals surface area contributed by atoms with Gasteiger partial charge in [-0.25, -0.2) is 0 Å². The van der Waals surface area contributed by atoms with Gasteiger partial charge >= 0.3 is 0 Å². The van der Waals surface area contributed by atoms with Crippen LogP contribution in [0.3, 0.4) is 0 Å². The van der Waals surface area contributed by atoms with Gasteiger partial charge in [-0.3, -0.25) is 0 Å². The van der Waals surface area contributed by atoms with E-state index in [4.69, 9.17) is 0 Å². The molecule has 2 nitrogen and oxygen atoms in total. The van der Waals surface area contributed by atoms with Crippen LogP contribution in [0.25, 0.3) is 0 Å². The fourth-order valence-corrected chi connectivity index (χ4v) is 3.60. The van der Waals surface area contributed by atoms with Gasteiger partial charge in [-0.15, -0.1) is 0 Å². The third-order valence-electron chi connectivity index (χ3n) is 4.17. The van der Waals surface area contributed by atoms with Crippen LogP contribution in [0.1, 0.15) is 39.5 Å². The van der Waals surface area contributed by atoms with E-state index in [1.54, 1.807) is 0 Å². The van der Waals surface area contributed by atoms with Crippen LogP contribution >= 0.6 is 15.9 Å². The number of nitrogens with zero attached hydrogens (tertiary/aromatic N) is 1. The molecule has 0 amide bonds. The van der Waals surface area contributed by atoms with Crippen LogP contribution in [0.5, 0.6) is 0 Å². The lowest BCUT2D eigenvalue weighted by atomic mass is 9.80. The van der Waals surface area contributed by atoms with Gasteiger partial charge in [-0.1, -0.05) is 29.8 Å². The molecule has 0 aromatic rings. The standard InChI is InChI=1S/C13H26BrNO/c1-4-13(5-2,9-14)10-15(3)8-11-6-12(16)7-11/h11-12,16H,4-10H2,1-3H3. The summed E-state index contributed by atoms with van der Waals surface area (Å²) in [6, 6.07) is 0. The summed E-state index contributed by atoms with van der Waals surface area (Å²) in [6.45, 7) is 6.88. The molecule has 0 radical (unpaired) electrons. The van der Waals surface area contributed by atoms with E-state index in [2.05, 4.69) is 41.7 Å². The summed E-state index contributed by atoms with van der Waals surface area (Å²) in [4.78, 5) is 2.45. The van der Waals surface area contributed by atoms with E-state index in [9.17, 15) is 5.11 Å². The molecule has 0 aromatic carbocycles. The molecule has 0 aromatic heterocycles. The van der Waals surface area contributed by atoms with Gasteiger partial charge in [0, 0.05) is 18.4 Å². The first-order valence-electron chi connectivity index (χ1n) is 6.47. The third kappa shape index (κ3) is 3.71. The first-order valence-corrected chi connectivity index (χ1v) is 7.60. The molecule has 1 aliphatic rings. The van der Waals surface area contributed by atoms with Gasteiger partial charge in [0.05, 0.1) is 6.10 Å². The van der Waals surface area contributed by atoms with Crippen LogP contribution in [0, 0.1) is 11.3 Å². The van der Waals surface area contributed by atoms with Gasteiger partial charge in [-0.05, 0) is 44.1 Å². The van der Waals surface area contributed by atoms with E-state index in [0.29, 0.717) is 5.41 Å². The molecule has 0 atom stereocenters. The van der Waals surface area contributed by atoms with Gasteiger partial charge in [0.15, 0.2) is 0 Å². The largest absolute Gasteiger partial charge is 0.393 e. The van der Waals surface area contributed by atoms with Crippen molar-refractivity contribution in [3.8, 4) is 0 Å². The van der Waals surface area contributed by atoms with E-state index in [0.717, 1.165) is 37.2 Å². The van der Waals surface area contributed by atoms with E-state index in [1.807, 2.05) is 0 Å². The second-order valence-electron chi connectivity index (χ2n) is 5.53. The lowest BCUT2D eigenvalue weighted by Gasteiger charge is -2.39. The maximum atomic E-state index is 9.28. The number of aliphatic hydroxyl groups excluding tert-OH is 1. The van der Waals surface area contributed by atoms with Gasteiger partial charge in [0.2, 0.25) is 0 Å². The molecule has 3 heteroatoms. The molecule has 1 saturated carbocycles. The van der Waals surface area contributed by atoms with E-state index >= 15 is 0 Å². The number of aliphatic hydroxyl groups is 1. The Morgan fingerprint density at radius 1 is 1.31 bits per heavy atom. The number of halogens is 1. The molecule has 0 unspecified atom stereocenters. The zero-order valence-electron chi connectivity index (χ0n) is 10.9. The SMILES string of the molecule is CCC(CC)(CBr)CN(C)CC1CC(O)C1. The average Bonchev–Trinajstić information content (AvgIpc) is 2.24. The molecule has 1 N–H and O–H groups in total. The van der Waals surface area contributed by atoms with Crippen LogP contribution in [-0.4, -0.2) is 41.6 Å². The second kappa shape index (κ2) is 6.36. The Kier molecular flexibility index (Phi) is 5.75. The Labute approximate surface area is 109 Å². The molecular weight excluding hydrogens is 266 g/mol. The molecule has 0 aliphatic heterocycles. The summed E-state index contributed by atoms with van der Waals surface area (Å²) in [5.74, 6) is 0.724. The predicted molar refractivity (Wildman–Crippen MR) is 73.0 cm³/mol. The Bertz CT molecular complexity index is 192. The van der Waals surface area contributed by atoms with Gasteiger partial charge in [-0.2, -0.15) is 0 Å². The summed E-state index contributed by atoms with van der Waals surface area (Å²) in [6.07, 6.45) is 4.45. The molecule has 96 valence electrons.